The van der Waals surface area contributed by atoms with E-state index in [1.807, 2.05) is 37.3 Å². The Morgan fingerprint density at radius 3 is 2.27 bits per heavy atom. The topological polar surface area (TPSA) is 58.6 Å². The quantitative estimate of drug-likeness (QED) is 0.776. The second-order valence-corrected chi connectivity index (χ2v) is 6.36. The molecule has 2 amide bonds. The van der Waals surface area contributed by atoms with Crippen molar-refractivity contribution in [1.29, 1.82) is 0 Å². The third kappa shape index (κ3) is 5.13. The number of rotatable bonds is 7. The van der Waals surface area contributed by atoms with Crippen molar-refractivity contribution in [2.75, 3.05) is 20.2 Å². The largest absolute Gasteiger partial charge is 0.494 e. The monoisotopic (exact) mass is 394 g/mol. The maximum absolute atomic E-state index is 12.4. The van der Waals surface area contributed by atoms with Crippen LogP contribution in [0.5, 0.6) is 5.75 Å². The average Bonchev–Trinajstić information content (AvgIpc) is 2.64. The van der Waals surface area contributed by atoms with Gasteiger partial charge >= 0.3 is 0 Å². The molecule has 0 aliphatic carbocycles. The Hall–Kier alpha value is -2.24. The summed E-state index contributed by atoms with van der Waals surface area (Å²) >= 11 is 12.1. The number of halogens is 2. The highest BCUT2D eigenvalue weighted by molar-refractivity contribution is 6.37. The number of carbonyl (C=O) groups is 2. The Labute approximate surface area is 162 Å². The Morgan fingerprint density at radius 2 is 1.73 bits per heavy atom. The van der Waals surface area contributed by atoms with E-state index in [9.17, 15) is 9.59 Å². The fraction of sp³-hybridized carbons (Fsp3) is 0.263. The molecule has 138 valence electrons. The maximum Gasteiger partial charge on any atom is 0.251 e. The van der Waals surface area contributed by atoms with Gasteiger partial charge in [-0.05, 0) is 24.6 Å². The Kier molecular flexibility index (Phi) is 7.30. The SMILES string of the molecule is CCN(Cc1ccccc1)C(=O)CNC(=O)c1cc(Cl)c(OC)c(Cl)c1. The molecule has 0 aromatic heterocycles. The number of likely N-dealkylation sites (N-methyl/N-ethyl adjacent to an activating group) is 1. The van der Waals surface area contributed by atoms with Crippen molar-refractivity contribution in [3.05, 3.63) is 63.6 Å². The molecule has 0 bridgehead atoms. The van der Waals surface area contributed by atoms with Crippen molar-refractivity contribution in [1.82, 2.24) is 10.2 Å². The number of nitrogens with zero attached hydrogens (tertiary/aromatic N) is 1. The molecule has 1 N–H and O–H groups in total. The highest BCUT2D eigenvalue weighted by atomic mass is 35.5. The molecule has 2 rings (SSSR count). The summed E-state index contributed by atoms with van der Waals surface area (Å²) in [5.74, 6) is -0.294. The Morgan fingerprint density at radius 1 is 1.12 bits per heavy atom. The first-order valence-corrected chi connectivity index (χ1v) is 8.84. The zero-order chi connectivity index (χ0) is 19.1. The van der Waals surface area contributed by atoms with Crippen molar-refractivity contribution in [3.8, 4) is 5.75 Å². The summed E-state index contributed by atoms with van der Waals surface area (Å²) in [5, 5.41) is 3.07. The molecule has 2 aromatic carbocycles. The van der Waals surface area contributed by atoms with Crippen molar-refractivity contribution in [3.63, 3.8) is 0 Å². The lowest BCUT2D eigenvalue weighted by atomic mass is 10.2. The van der Waals surface area contributed by atoms with Gasteiger partial charge in [0, 0.05) is 18.7 Å². The standard InChI is InChI=1S/C19H20Cl2N2O3/c1-3-23(12-13-7-5-4-6-8-13)17(24)11-22-19(25)14-9-15(20)18(26-2)16(21)10-14/h4-10H,3,11-12H2,1-2H3,(H,22,25). The lowest BCUT2D eigenvalue weighted by Gasteiger charge is -2.21. The summed E-state index contributed by atoms with van der Waals surface area (Å²) in [5.41, 5.74) is 1.29. The maximum atomic E-state index is 12.4. The molecular weight excluding hydrogens is 375 g/mol. The van der Waals surface area contributed by atoms with E-state index < -0.39 is 5.91 Å². The van der Waals surface area contributed by atoms with Crippen LogP contribution in [0.1, 0.15) is 22.8 Å². The molecule has 0 radical (unpaired) electrons. The van der Waals surface area contributed by atoms with Crippen molar-refractivity contribution < 1.29 is 14.3 Å². The minimum Gasteiger partial charge on any atom is -0.494 e. The van der Waals surface area contributed by atoms with Crippen LogP contribution in [-0.4, -0.2) is 36.9 Å². The summed E-state index contributed by atoms with van der Waals surface area (Å²) in [7, 11) is 1.44. The first-order chi connectivity index (χ1) is 12.5. The number of ether oxygens (including phenoxy) is 1. The van der Waals surface area contributed by atoms with Gasteiger partial charge in [-0.1, -0.05) is 53.5 Å². The second kappa shape index (κ2) is 9.46. The van der Waals surface area contributed by atoms with Crippen molar-refractivity contribution in [2.45, 2.75) is 13.5 Å². The summed E-state index contributed by atoms with van der Waals surface area (Å²) < 4.78 is 5.05. The lowest BCUT2D eigenvalue weighted by Crippen LogP contribution is -2.39. The fourth-order valence-corrected chi connectivity index (χ4v) is 3.08. The number of methoxy groups -OCH3 is 1. The van der Waals surface area contributed by atoms with Crippen molar-refractivity contribution >= 4 is 35.0 Å². The van der Waals surface area contributed by atoms with E-state index >= 15 is 0 Å². The van der Waals surface area contributed by atoms with Crippen LogP contribution in [0.4, 0.5) is 0 Å². The molecule has 0 saturated heterocycles. The number of hydrogen-bond acceptors (Lipinski definition) is 3. The van der Waals surface area contributed by atoms with Gasteiger partial charge in [0.05, 0.1) is 23.7 Å². The van der Waals surface area contributed by atoms with Crippen molar-refractivity contribution in [2.24, 2.45) is 0 Å². The molecule has 7 heteroatoms. The van der Waals surface area contributed by atoms with Crippen LogP contribution in [0.25, 0.3) is 0 Å². The minimum atomic E-state index is -0.430. The Bertz CT molecular complexity index is 759. The predicted octanol–water partition coefficient (Wildman–Crippen LogP) is 3.78. The summed E-state index contributed by atoms with van der Waals surface area (Å²) in [6.07, 6.45) is 0. The molecular formula is C19H20Cl2N2O3. The van der Waals surface area contributed by atoms with E-state index in [2.05, 4.69) is 5.32 Å². The highest BCUT2D eigenvalue weighted by Crippen LogP contribution is 2.33. The molecule has 0 spiro atoms. The van der Waals surface area contributed by atoms with Gasteiger partial charge in [-0.2, -0.15) is 0 Å². The third-order valence-corrected chi connectivity index (χ3v) is 4.38. The smallest absolute Gasteiger partial charge is 0.251 e. The van der Waals surface area contributed by atoms with Gasteiger partial charge in [-0.15, -0.1) is 0 Å². The molecule has 0 heterocycles. The first kappa shape index (κ1) is 20.1. The van der Waals surface area contributed by atoms with E-state index in [1.54, 1.807) is 4.90 Å². The second-order valence-electron chi connectivity index (χ2n) is 5.55. The molecule has 26 heavy (non-hydrogen) atoms. The normalized spacial score (nSPS) is 10.3. The summed E-state index contributed by atoms with van der Waals surface area (Å²) in [6, 6.07) is 12.6. The van der Waals surface area contributed by atoms with E-state index in [0.717, 1.165) is 5.56 Å². The molecule has 0 saturated carbocycles. The Balaban J connectivity index is 1.98. The number of nitrogens with one attached hydrogen (secondary N) is 1. The van der Waals surface area contributed by atoms with Gasteiger partial charge in [0.25, 0.3) is 5.91 Å². The summed E-state index contributed by atoms with van der Waals surface area (Å²) in [4.78, 5) is 26.3. The average molecular weight is 395 g/mol. The molecule has 0 fully saturated rings. The van der Waals surface area contributed by atoms with Crippen LogP contribution in [0, 0.1) is 0 Å². The predicted molar refractivity (Wildman–Crippen MR) is 103 cm³/mol. The molecule has 0 atom stereocenters. The van der Waals surface area contributed by atoms with Gasteiger partial charge in [0.2, 0.25) is 5.91 Å². The number of amides is 2. The van der Waals surface area contributed by atoms with Crippen LogP contribution < -0.4 is 10.1 Å². The first-order valence-electron chi connectivity index (χ1n) is 8.09. The molecule has 0 aliphatic heterocycles. The molecule has 5 nitrogen and oxygen atoms in total. The third-order valence-electron chi connectivity index (χ3n) is 3.82. The van der Waals surface area contributed by atoms with Crippen LogP contribution >= 0.6 is 23.2 Å². The number of benzene rings is 2. The van der Waals surface area contributed by atoms with Gasteiger partial charge in [-0.3, -0.25) is 9.59 Å². The van der Waals surface area contributed by atoms with E-state index in [0.29, 0.717) is 18.8 Å². The van der Waals surface area contributed by atoms with E-state index in [1.165, 1.54) is 19.2 Å². The fourth-order valence-electron chi connectivity index (χ4n) is 2.44. The van der Waals surface area contributed by atoms with Crippen LogP contribution in [-0.2, 0) is 11.3 Å². The van der Waals surface area contributed by atoms with E-state index in [4.69, 9.17) is 27.9 Å². The number of carbonyl (C=O) groups excluding carboxylic acids is 2. The zero-order valence-corrected chi connectivity index (χ0v) is 16.1. The highest BCUT2D eigenvalue weighted by Gasteiger charge is 2.16. The number of hydrogen-bond donors (Lipinski definition) is 1. The van der Waals surface area contributed by atoms with Gasteiger partial charge in [-0.25, -0.2) is 0 Å². The van der Waals surface area contributed by atoms with Crippen LogP contribution in [0.15, 0.2) is 42.5 Å². The summed E-state index contributed by atoms with van der Waals surface area (Å²) in [6.45, 7) is 2.82. The van der Waals surface area contributed by atoms with E-state index in [-0.39, 0.29) is 28.1 Å². The van der Waals surface area contributed by atoms with Crippen LogP contribution in [0.3, 0.4) is 0 Å². The van der Waals surface area contributed by atoms with Gasteiger partial charge in [0.1, 0.15) is 0 Å². The van der Waals surface area contributed by atoms with Gasteiger partial charge in [0.15, 0.2) is 5.75 Å². The van der Waals surface area contributed by atoms with Gasteiger partial charge < -0.3 is 15.0 Å². The molecule has 0 aliphatic rings. The van der Waals surface area contributed by atoms with Crippen LogP contribution in [0.2, 0.25) is 10.0 Å². The molecule has 2 aromatic rings. The molecule has 0 unspecified atom stereocenters. The lowest BCUT2D eigenvalue weighted by molar-refractivity contribution is -0.130. The minimum absolute atomic E-state index is 0.110. The zero-order valence-electron chi connectivity index (χ0n) is 14.6.